The van der Waals surface area contributed by atoms with Crippen molar-refractivity contribution in [3.8, 4) is 11.4 Å². The number of benzene rings is 1. The molecule has 0 radical (unpaired) electrons. The molecule has 2 aromatic rings. The number of hydrogen-bond acceptors (Lipinski definition) is 5. The van der Waals surface area contributed by atoms with E-state index in [-0.39, 0.29) is 4.75 Å². The molecule has 0 aliphatic carbocycles. The first-order chi connectivity index (χ1) is 8.98. The van der Waals surface area contributed by atoms with Crippen LogP contribution < -0.4 is 5.73 Å². The second-order valence-electron chi connectivity index (χ2n) is 5.31. The highest BCUT2D eigenvalue weighted by molar-refractivity contribution is 7.99. The molecule has 2 rings (SSSR count). The molecule has 0 unspecified atom stereocenters. The largest absolute Gasteiger partial charge is 0.338 e. The third-order valence-electron chi connectivity index (χ3n) is 2.54. The Kier molecular flexibility index (Phi) is 4.27. The Morgan fingerprint density at radius 1 is 1.21 bits per heavy atom. The van der Waals surface area contributed by atoms with Gasteiger partial charge in [-0.05, 0) is 5.56 Å². The number of hydrogen-bond donors (Lipinski definition) is 1. The van der Waals surface area contributed by atoms with Crippen molar-refractivity contribution in [2.24, 2.45) is 5.73 Å². The Hall–Kier alpha value is -1.33. The third kappa shape index (κ3) is 4.08. The first kappa shape index (κ1) is 14.1. The molecule has 0 atom stereocenters. The topological polar surface area (TPSA) is 64.9 Å². The minimum absolute atomic E-state index is 0.192. The summed E-state index contributed by atoms with van der Waals surface area (Å²) < 4.78 is 5.46. The van der Waals surface area contributed by atoms with Crippen molar-refractivity contribution in [1.82, 2.24) is 10.1 Å². The highest BCUT2D eigenvalue weighted by atomic mass is 32.2. The molecule has 2 N–H and O–H groups in total. The normalized spacial score (nSPS) is 11.8. The summed E-state index contributed by atoms with van der Waals surface area (Å²) in [6.07, 6.45) is 0. The van der Waals surface area contributed by atoms with E-state index in [0.717, 1.165) is 16.9 Å². The molecule has 4 nitrogen and oxygen atoms in total. The predicted octanol–water partition coefficient (Wildman–Crippen LogP) is 3.23. The number of thioether (sulfide) groups is 1. The van der Waals surface area contributed by atoms with Gasteiger partial charge in [-0.25, -0.2) is 0 Å². The van der Waals surface area contributed by atoms with E-state index in [0.29, 0.717) is 18.3 Å². The molecule has 19 heavy (non-hydrogen) atoms. The van der Waals surface area contributed by atoms with E-state index in [9.17, 15) is 0 Å². The van der Waals surface area contributed by atoms with Crippen LogP contribution in [0.15, 0.2) is 28.8 Å². The monoisotopic (exact) mass is 277 g/mol. The average Bonchev–Trinajstić information content (AvgIpc) is 2.84. The maximum absolute atomic E-state index is 5.57. The molecule has 5 heteroatoms. The quantitative estimate of drug-likeness (QED) is 0.929. The van der Waals surface area contributed by atoms with Gasteiger partial charge in [0.15, 0.2) is 0 Å². The zero-order valence-corrected chi connectivity index (χ0v) is 12.3. The van der Waals surface area contributed by atoms with Crippen LogP contribution in [0.1, 0.15) is 32.2 Å². The Morgan fingerprint density at radius 2 is 1.89 bits per heavy atom. The van der Waals surface area contributed by atoms with Crippen LogP contribution in [0.4, 0.5) is 0 Å². The van der Waals surface area contributed by atoms with Crippen molar-refractivity contribution in [1.29, 1.82) is 0 Å². The molecule has 1 aromatic carbocycles. The van der Waals surface area contributed by atoms with Gasteiger partial charge in [-0.15, -0.1) is 11.8 Å². The van der Waals surface area contributed by atoms with Gasteiger partial charge >= 0.3 is 0 Å². The van der Waals surface area contributed by atoms with Crippen LogP contribution in [-0.2, 0) is 12.3 Å². The second-order valence-corrected chi connectivity index (χ2v) is 7.12. The summed E-state index contributed by atoms with van der Waals surface area (Å²) in [7, 11) is 0. The molecule has 1 heterocycles. The minimum Gasteiger partial charge on any atom is -0.338 e. The zero-order chi connectivity index (χ0) is 13.9. The molecular weight excluding hydrogens is 258 g/mol. The third-order valence-corrected chi connectivity index (χ3v) is 3.80. The van der Waals surface area contributed by atoms with Gasteiger partial charge in [0.05, 0.1) is 5.75 Å². The van der Waals surface area contributed by atoms with Gasteiger partial charge < -0.3 is 10.3 Å². The summed E-state index contributed by atoms with van der Waals surface area (Å²) in [6, 6.07) is 7.89. The first-order valence-corrected chi connectivity index (χ1v) is 7.22. The maximum atomic E-state index is 5.57. The van der Waals surface area contributed by atoms with E-state index in [1.165, 1.54) is 0 Å². The Balaban J connectivity index is 2.07. The fraction of sp³-hybridized carbons (Fsp3) is 0.429. The molecule has 1 aromatic heterocycles. The van der Waals surface area contributed by atoms with E-state index in [1.54, 1.807) is 11.8 Å². The van der Waals surface area contributed by atoms with Crippen molar-refractivity contribution >= 4 is 11.8 Å². The Bertz CT molecular complexity index is 528. The van der Waals surface area contributed by atoms with Gasteiger partial charge in [0.2, 0.25) is 11.7 Å². The highest BCUT2D eigenvalue weighted by Gasteiger charge is 2.14. The van der Waals surface area contributed by atoms with Gasteiger partial charge in [-0.1, -0.05) is 50.2 Å². The molecule has 0 aliphatic rings. The van der Waals surface area contributed by atoms with E-state index >= 15 is 0 Å². The lowest BCUT2D eigenvalue weighted by Crippen LogP contribution is -2.07. The smallest absolute Gasteiger partial charge is 0.236 e. The van der Waals surface area contributed by atoms with E-state index in [1.807, 2.05) is 24.3 Å². The van der Waals surface area contributed by atoms with E-state index < -0.39 is 0 Å². The van der Waals surface area contributed by atoms with Crippen molar-refractivity contribution < 1.29 is 4.52 Å². The lowest BCUT2D eigenvalue weighted by atomic mass is 10.1. The molecule has 0 bridgehead atoms. The lowest BCUT2D eigenvalue weighted by Gasteiger charge is -2.15. The molecule has 0 fully saturated rings. The van der Waals surface area contributed by atoms with Crippen molar-refractivity contribution in [2.45, 2.75) is 37.8 Å². The summed E-state index contributed by atoms with van der Waals surface area (Å²) in [4.78, 5) is 4.41. The fourth-order valence-electron chi connectivity index (χ4n) is 1.50. The number of aromatic nitrogens is 2. The summed E-state index contributed by atoms with van der Waals surface area (Å²) in [5.74, 6) is 2.03. The van der Waals surface area contributed by atoms with E-state index in [4.69, 9.17) is 10.3 Å². The minimum atomic E-state index is 0.192. The number of nitrogens with zero attached hydrogens (tertiary/aromatic N) is 2. The second kappa shape index (κ2) is 5.75. The molecule has 0 saturated carbocycles. The predicted molar refractivity (Wildman–Crippen MR) is 78.7 cm³/mol. The molecular formula is C14H19N3OS. The van der Waals surface area contributed by atoms with Crippen LogP contribution in [-0.4, -0.2) is 14.9 Å². The SMILES string of the molecule is CC(C)(C)SCc1nc(-c2ccc(CN)cc2)no1. The highest BCUT2D eigenvalue weighted by Crippen LogP contribution is 2.27. The summed E-state index contributed by atoms with van der Waals surface area (Å²) in [6.45, 7) is 7.04. The summed E-state index contributed by atoms with van der Waals surface area (Å²) >= 11 is 1.79. The van der Waals surface area contributed by atoms with E-state index in [2.05, 4.69) is 30.9 Å². The number of rotatable bonds is 4. The first-order valence-electron chi connectivity index (χ1n) is 6.24. The summed E-state index contributed by atoms with van der Waals surface area (Å²) in [5.41, 5.74) is 7.62. The molecule has 0 saturated heterocycles. The molecule has 102 valence electrons. The van der Waals surface area contributed by atoms with Crippen LogP contribution in [0.3, 0.4) is 0 Å². The van der Waals surface area contributed by atoms with Crippen LogP contribution >= 0.6 is 11.8 Å². The van der Waals surface area contributed by atoms with Gasteiger partial charge in [-0.3, -0.25) is 0 Å². The fourth-order valence-corrected chi connectivity index (χ4v) is 2.17. The number of nitrogens with two attached hydrogens (primary N) is 1. The average molecular weight is 277 g/mol. The van der Waals surface area contributed by atoms with Crippen LogP contribution in [0, 0.1) is 0 Å². The zero-order valence-electron chi connectivity index (χ0n) is 11.5. The Labute approximate surface area is 117 Å². The Morgan fingerprint density at radius 3 is 2.47 bits per heavy atom. The van der Waals surface area contributed by atoms with Crippen molar-refractivity contribution in [3.05, 3.63) is 35.7 Å². The lowest BCUT2D eigenvalue weighted by molar-refractivity contribution is 0.391. The summed E-state index contributed by atoms with van der Waals surface area (Å²) in [5, 5.41) is 4.01. The van der Waals surface area contributed by atoms with Crippen LogP contribution in [0.2, 0.25) is 0 Å². The van der Waals surface area contributed by atoms with Gasteiger partial charge in [0, 0.05) is 16.9 Å². The van der Waals surface area contributed by atoms with Gasteiger partial charge in [0.25, 0.3) is 0 Å². The maximum Gasteiger partial charge on any atom is 0.236 e. The molecule has 0 amide bonds. The molecule has 0 aliphatic heterocycles. The van der Waals surface area contributed by atoms with Crippen molar-refractivity contribution in [3.63, 3.8) is 0 Å². The van der Waals surface area contributed by atoms with Crippen molar-refractivity contribution in [2.75, 3.05) is 0 Å². The molecule has 0 spiro atoms. The van der Waals surface area contributed by atoms with Gasteiger partial charge in [-0.2, -0.15) is 4.98 Å². The van der Waals surface area contributed by atoms with Crippen LogP contribution in [0.5, 0.6) is 0 Å². The van der Waals surface area contributed by atoms with Crippen LogP contribution in [0.25, 0.3) is 11.4 Å². The standard InChI is InChI=1S/C14H19N3OS/c1-14(2,3)19-9-12-16-13(17-18-12)11-6-4-10(8-15)5-7-11/h4-7H,8-9,15H2,1-3H3. The van der Waals surface area contributed by atoms with Gasteiger partial charge in [0.1, 0.15) is 0 Å².